The third-order valence-electron chi connectivity index (χ3n) is 5.88. The average Bonchev–Trinajstić information content (AvgIpc) is 2.84. The minimum atomic E-state index is -3.93. The first-order chi connectivity index (χ1) is 16.3. The molecule has 0 saturated carbocycles. The number of phenols is 1. The number of amides is 1. The fraction of sp³-hybridized carbons (Fsp3) is 0.240. The fourth-order valence-corrected chi connectivity index (χ4v) is 5.03. The maximum absolute atomic E-state index is 13.3. The molecule has 35 heavy (non-hydrogen) atoms. The molecule has 2 N–H and O–H groups in total. The zero-order chi connectivity index (χ0) is 24.3. The van der Waals surface area contributed by atoms with E-state index in [1.807, 2.05) is 12.1 Å². The van der Waals surface area contributed by atoms with Crippen LogP contribution in [0, 0.1) is 6.92 Å². The Morgan fingerprint density at radius 1 is 0.971 bits per heavy atom. The van der Waals surface area contributed by atoms with E-state index in [0.717, 1.165) is 5.69 Å². The van der Waals surface area contributed by atoms with Crippen LogP contribution in [-0.2, 0) is 10.0 Å². The molecule has 1 aliphatic heterocycles. The summed E-state index contributed by atoms with van der Waals surface area (Å²) in [5, 5.41) is 9.49. The smallest absolute Gasteiger partial charge is 0.262 e. The van der Waals surface area contributed by atoms with E-state index in [1.54, 1.807) is 54.3 Å². The second-order valence-corrected chi connectivity index (χ2v) is 9.76. The van der Waals surface area contributed by atoms with Crippen LogP contribution in [0.15, 0.2) is 71.6 Å². The molecule has 1 fully saturated rings. The molecule has 1 saturated heterocycles. The molecule has 3 aromatic carbocycles. The van der Waals surface area contributed by atoms with E-state index in [0.29, 0.717) is 48.7 Å². The maximum atomic E-state index is 13.3. The highest BCUT2D eigenvalue weighted by Gasteiger charge is 2.25. The Labute approximate surface area is 211 Å². The first-order valence-electron chi connectivity index (χ1n) is 10.9. The summed E-state index contributed by atoms with van der Waals surface area (Å²) >= 11 is 0. The Kier molecular flexibility index (Phi) is 8.14. The minimum Gasteiger partial charge on any atom is -0.508 e. The first kappa shape index (κ1) is 26.2. The number of hydrogen-bond donors (Lipinski definition) is 2. The van der Waals surface area contributed by atoms with Crippen molar-refractivity contribution >= 4 is 39.7 Å². The lowest BCUT2D eigenvalue weighted by molar-refractivity contribution is 0.0746. The third kappa shape index (κ3) is 5.80. The van der Waals surface area contributed by atoms with E-state index in [4.69, 9.17) is 4.74 Å². The average molecular weight is 518 g/mol. The van der Waals surface area contributed by atoms with Crippen molar-refractivity contribution in [3.63, 3.8) is 0 Å². The number of benzene rings is 3. The van der Waals surface area contributed by atoms with Gasteiger partial charge in [-0.15, -0.1) is 12.4 Å². The number of hydrogen-bond acceptors (Lipinski definition) is 6. The number of phenolic OH excluding ortho intramolecular Hbond substituents is 1. The Morgan fingerprint density at radius 2 is 1.63 bits per heavy atom. The summed E-state index contributed by atoms with van der Waals surface area (Å²) in [6.07, 6.45) is 0. The summed E-state index contributed by atoms with van der Waals surface area (Å²) in [7, 11) is -2.46. The number of halogens is 1. The van der Waals surface area contributed by atoms with E-state index in [-0.39, 0.29) is 29.0 Å². The maximum Gasteiger partial charge on any atom is 0.262 e. The van der Waals surface area contributed by atoms with Crippen molar-refractivity contribution in [1.82, 2.24) is 4.90 Å². The largest absolute Gasteiger partial charge is 0.508 e. The molecule has 0 radical (unpaired) electrons. The molecule has 10 heteroatoms. The number of carbonyl (C=O) groups is 1. The van der Waals surface area contributed by atoms with E-state index in [1.165, 1.54) is 19.2 Å². The second kappa shape index (κ2) is 10.9. The molecule has 186 valence electrons. The van der Waals surface area contributed by atoms with Gasteiger partial charge >= 0.3 is 0 Å². The van der Waals surface area contributed by atoms with Crippen molar-refractivity contribution in [3.05, 3.63) is 77.9 Å². The molecule has 1 aliphatic rings. The van der Waals surface area contributed by atoms with Crippen LogP contribution >= 0.6 is 12.4 Å². The van der Waals surface area contributed by atoms with Crippen molar-refractivity contribution in [1.29, 1.82) is 0 Å². The van der Waals surface area contributed by atoms with Crippen molar-refractivity contribution < 1.29 is 23.1 Å². The van der Waals surface area contributed by atoms with E-state index >= 15 is 0 Å². The number of nitrogens with one attached hydrogen (secondary N) is 1. The summed E-state index contributed by atoms with van der Waals surface area (Å²) in [4.78, 5) is 17.2. The zero-order valence-electron chi connectivity index (χ0n) is 19.5. The van der Waals surface area contributed by atoms with Gasteiger partial charge in [-0.1, -0.05) is 18.2 Å². The molecule has 0 aliphatic carbocycles. The monoisotopic (exact) mass is 517 g/mol. The van der Waals surface area contributed by atoms with Gasteiger partial charge in [0.05, 0.1) is 17.7 Å². The SMILES string of the molecule is COc1ccccc1NS(=O)(=O)c1ccc(C)c(C(=O)N2CCN(c3ccc(O)cc3)CC2)c1.Cl. The van der Waals surface area contributed by atoms with Crippen LogP contribution in [0.2, 0.25) is 0 Å². The van der Waals surface area contributed by atoms with Gasteiger partial charge in [0.25, 0.3) is 15.9 Å². The molecule has 0 unspecified atom stereocenters. The number of anilines is 2. The highest BCUT2D eigenvalue weighted by molar-refractivity contribution is 7.92. The number of piperazine rings is 1. The van der Waals surface area contributed by atoms with E-state index in [9.17, 15) is 18.3 Å². The van der Waals surface area contributed by atoms with Gasteiger partial charge in [-0.2, -0.15) is 0 Å². The summed E-state index contributed by atoms with van der Waals surface area (Å²) in [6, 6.07) is 18.3. The minimum absolute atomic E-state index is 0. The molecule has 0 bridgehead atoms. The zero-order valence-corrected chi connectivity index (χ0v) is 21.1. The quantitative estimate of drug-likeness (QED) is 0.514. The standard InChI is InChI=1S/C25H27N3O5S.ClH/c1-18-7-12-21(34(31,32)26-23-5-3-4-6-24(23)33-2)17-22(18)25(30)28-15-13-27(14-16-28)19-8-10-20(29)11-9-19;/h3-12,17,26,29H,13-16H2,1-2H3;1H. The van der Waals surface area contributed by atoms with Crippen molar-refractivity contribution in [2.75, 3.05) is 42.9 Å². The number of aryl methyl sites for hydroxylation is 1. The van der Waals surface area contributed by atoms with Gasteiger partial charge < -0.3 is 19.6 Å². The van der Waals surface area contributed by atoms with Crippen molar-refractivity contribution in [3.8, 4) is 11.5 Å². The number of rotatable bonds is 6. The Bertz CT molecular complexity index is 1290. The molecule has 0 atom stereocenters. The van der Waals surface area contributed by atoms with Crippen LogP contribution in [0.3, 0.4) is 0 Å². The van der Waals surface area contributed by atoms with Gasteiger partial charge in [-0.3, -0.25) is 9.52 Å². The summed E-state index contributed by atoms with van der Waals surface area (Å²) < 4.78 is 33.9. The lowest BCUT2D eigenvalue weighted by Gasteiger charge is -2.36. The Hall–Kier alpha value is -3.43. The van der Waals surface area contributed by atoms with Gasteiger partial charge in [0, 0.05) is 37.4 Å². The summed E-state index contributed by atoms with van der Waals surface area (Å²) in [5.74, 6) is 0.418. The second-order valence-electron chi connectivity index (χ2n) is 8.08. The number of nitrogens with zero attached hydrogens (tertiary/aromatic N) is 2. The molecular weight excluding hydrogens is 490 g/mol. The van der Waals surface area contributed by atoms with Gasteiger partial charge in [0.15, 0.2) is 0 Å². The van der Waals surface area contributed by atoms with Crippen LogP contribution in [0.5, 0.6) is 11.5 Å². The Balaban J connectivity index is 0.00000342. The number of methoxy groups -OCH3 is 1. The lowest BCUT2D eigenvalue weighted by atomic mass is 10.1. The van der Waals surface area contributed by atoms with Crippen LogP contribution in [-0.4, -0.2) is 57.6 Å². The normalized spacial score (nSPS) is 13.7. The fourth-order valence-electron chi connectivity index (χ4n) is 3.93. The van der Waals surface area contributed by atoms with Gasteiger partial charge in [-0.05, 0) is 61.0 Å². The highest BCUT2D eigenvalue weighted by Crippen LogP contribution is 2.27. The number of carbonyl (C=O) groups excluding carboxylic acids is 1. The number of sulfonamides is 1. The van der Waals surface area contributed by atoms with Crippen molar-refractivity contribution in [2.45, 2.75) is 11.8 Å². The first-order valence-corrected chi connectivity index (χ1v) is 12.4. The predicted octanol–water partition coefficient (Wildman–Crippen LogP) is 3.89. The highest BCUT2D eigenvalue weighted by atomic mass is 35.5. The van der Waals surface area contributed by atoms with Crippen LogP contribution in [0.25, 0.3) is 0 Å². The van der Waals surface area contributed by atoms with Gasteiger partial charge in [0.1, 0.15) is 11.5 Å². The number of aromatic hydroxyl groups is 1. The predicted molar refractivity (Wildman–Crippen MR) is 138 cm³/mol. The third-order valence-corrected chi connectivity index (χ3v) is 7.25. The summed E-state index contributed by atoms with van der Waals surface area (Å²) in [6.45, 7) is 4.10. The lowest BCUT2D eigenvalue weighted by Crippen LogP contribution is -2.49. The molecule has 8 nitrogen and oxygen atoms in total. The molecule has 0 aromatic heterocycles. The Morgan fingerprint density at radius 3 is 2.29 bits per heavy atom. The number of para-hydroxylation sites is 2. The van der Waals surface area contributed by atoms with Crippen LogP contribution in [0.4, 0.5) is 11.4 Å². The molecule has 1 heterocycles. The van der Waals surface area contributed by atoms with Crippen LogP contribution < -0.4 is 14.4 Å². The van der Waals surface area contributed by atoms with E-state index in [2.05, 4.69) is 9.62 Å². The van der Waals surface area contributed by atoms with E-state index < -0.39 is 10.0 Å². The molecule has 0 spiro atoms. The molecule has 4 rings (SSSR count). The molecule has 1 amide bonds. The summed E-state index contributed by atoms with van der Waals surface area (Å²) in [5.41, 5.74) is 2.38. The van der Waals surface area contributed by atoms with Gasteiger partial charge in [0.2, 0.25) is 0 Å². The topological polar surface area (TPSA) is 99.2 Å². The number of ether oxygens (including phenoxy) is 1. The molecule has 3 aromatic rings. The molecular formula is C25H28ClN3O5S. The van der Waals surface area contributed by atoms with Crippen LogP contribution in [0.1, 0.15) is 15.9 Å². The van der Waals surface area contributed by atoms with Crippen molar-refractivity contribution in [2.24, 2.45) is 0 Å². The van der Waals surface area contributed by atoms with Gasteiger partial charge in [-0.25, -0.2) is 8.42 Å².